The molecule has 2 aromatic heterocycles. The number of aromatic nitrogens is 2. The van der Waals surface area contributed by atoms with Crippen LogP contribution in [-0.2, 0) is 46.4 Å². The molecule has 12 heteroatoms. The van der Waals surface area contributed by atoms with Crippen molar-refractivity contribution < 1.29 is 62.2 Å². The summed E-state index contributed by atoms with van der Waals surface area (Å²) >= 11 is 3.50. The first-order valence-corrected chi connectivity index (χ1v) is 34.4. The molecule has 0 aliphatic carbocycles. The zero-order valence-corrected chi connectivity index (χ0v) is 59.5. The molecule has 0 aliphatic rings. The average Bonchev–Trinajstić information content (AvgIpc) is 2.36. The van der Waals surface area contributed by atoms with Gasteiger partial charge in [-0.2, -0.15) is 9.13 Å². The predicted molar refractivity (Wildman–Crippen MR) is 358 cm³/mol. The van der Waals surface area contributed by atoms with Gasteiger partial charge < -0.3 is 54.1 Å². The second-order valence-corrected chi connectivity index (χ2v) is 27.9. The van der Waals surface area contributed by atoms with Crippen LogP contribution < -0.4 is 63.2 Å². The molecule has 0 atom stereocenters. The smallest absolute Gasteiger partial charge is 0.228 e. The summed E-state index contributed by atoms with van der Waals surface area (Å²) < 4.78 is 17.0. The Morgan fingerprint density at radius 3 is 1.21 bits per heavy atom. The van der Waals surface area contributed by atoms with Crippen molar-refractivity contribution in [3.63, 3.8) is 0 Å². The summed E-state index contributed by atoms with van der Waals surface area (Å²) in [5, 5.41) is 6.14. The van der Waals surface area contributed by atoms with E-state index in [9.17, 15) is 9.59 Å². The van der Waals surface area contributed by atoms with E-state index in [1.165, 1.54) is 173 Å². The van der Waals surface area contributed by atoms with Gasteiger partial charge in [0.05, 0.1) is 35.8 Å². The average molecular weight is 1340 g/mol. The van der Waals surface area contributed by atoms with Gasteiger partial charge in [-0.3, -0.25) is 9.59 Å². The van der Waals surface area contributed by atoms with Crippen molar-refractivity contribution in [3.8, 4) is 11.5 Å². The summed E-state index contributed by atoms with van der Waals surface area (Å²) in [5.41, 5.74) is 12.7. The fourth-order valence-electron chi connectivity index (χ4n) is 10.6. The van der Waals surface area contributed by atoms with Crippen molar-refractivity contribution >= 4 is 45.9 Å². The van der Waals surface area contributed by atoms with E-state index in [0.29, 0.717) is 19.4 Å². The maximum absolute atomic E-state index is 13.0. The number of unbranched alkanes of at least 4 members (excludes halogenated alkanes) is 22. The summed E-state index contributed by atoms with van der Waals surface area (Å²) in [6.45, 7) is 25.2. The molecule has 0 aliphatic heterocycles. The van der Waals surface area contributed by atoms with Crippen molar-refractivity contribution in [1.29, 1.82) is 0 Å². The number of aryl methyl sites for hydroxylation is 2. The first-order valence-electron chi connectivity index (χ1n) is 32.7. The number of anilines is 2. The van der Waals surface area contributed by atoms with Crippen LogP contribution in [0.2, 0.25) is 0 Å². The number of rotatable bonds is 38. The maximum atomic E-state index is 13.0. The van der Waals surface area contributed by atoms with Crippen LogP contribution in [0.1, 0.15) is 253 Å². The SMILES string of the molecule is CCCCCCCCCCCCCCOc1cc(C(C)(C)C)ccc1CC(=O)Nc1ccc(C[n+]2csc(C)c2)cc1.CCCCCCCCCCCCCCOc1cc(CC(=O)Nc2ccc(C[n+]3csc(C)c3)cc2)ccc1C(C)(C)C.[Br-].[Br-]. The summed E-state index contributed by atoms with van der Waals surface area (Å²) in [4.78, 5) is 28.5. The zero-order chi connectivity index (χ0) is 60.4. The van der Waals surface area contributed by atoms with E-state index >= 15 is 0 Å². The monoisotopic (exact) mass is 1340 g/mol. The maximum Gasteiger partial charge on any atom is 0.228 e. The number of carbonyl (C=O) groups is 2. The van der Waals surface area contributed by atoms with Crippen LogP contribution in [0.5, 0.6) is 11.5 Å². The molecule has 6 rings (SSSR count). The molecule has 0 radical (unpaired) electrons. The summed E-state index contributed by atoms with van der Waals surface area (Å²) in [5.74, 6) is 1.73. The van der Waals surface area contributed by atoms with Crippen LogP contribution >= 0.6 is 22.7 Å². The molecule has 6 aromatic rings. The lowest BCUT2D eigenvalue weighted by Crippen LogP contribution is -3.00. The van der Waals surface area contributed by atoms with Crippen LogP contribution in [0.25, 0.3) is 0 Å². The topological polar surface area (TPSA) is 84.4 Å². The second-order valence-electron chi connectivity index (χ2n) is 25.7. The zero-order valence-electron chi connectivity index (χ0n) is 54.7. The van der Waals surface area contributed by atoms with Crippen molar-refractivity contribution in [1.82, 2.24) is 0 Å². The number of benzene rings is 4. The van der Waals surface area contributed by atoms with E-state index in [1.807, 2.05) is 24.3 Å². The number of thiazole rings is 2. The van der Waals surface area contributed by atoms with Gasteiger partial charge >= 0.3 is 0 Å². The van der Waals surface area contributed by atoms with E-state index < -0.39 is 0 Å². The molecule has 2 heterocycles. The third-order valence-corrected chi connectivity index (χ3v) is 17.4. The number of halogens is 2. The fraction of sp³-hybridized carbons (Fsp3) is 0.568. The van der Waals surface area contributed by atoms with Crippen LogP contribution in [-0.4, -0.2) is 25.0 Å². The molecule has 4 aromatic carbocycles. The van der Waals surface area contributed by atoms with E-state index in [0.717, 1.165) is 66.5 Å². The first kappa shape index (κ1) is 75.9. The molecule has 2 N–H and O–H groups in total. The standard InChI is InChI=1S/2C37H54N2O2S.2BrH/c1-6-7-8-9-10-11-12-13-14-15-16-17-24-41-35-26-33(37(3,4)5)21-20-32(35)25-36(40)38-34-22-18-31(19-23-34)28-39-27-30(2)42-29-39;1-6-7-8-9-10-11-12-13-14-15-16-17-24-41-35-25-32(20-23-34(35)37(3,4)5)26-36(40)38-33-21-18-31(19-22-33)28-39-27-30(2)42-29-39;;/h18-23,26-27,29H,6-17,24-25,28H2,1-5H3;18-23,25,27,29H,6-17,24,26,28H2,1-5H3;2*1H. The van der Waals surface area contributed by atoms with E-state index in [2.05, 4.69) is 173 Å². The van der Waals surface area contributed by atoms with Crippen molar-refractivity contribution in [2.24, 2.45) is 0 Å². The van der Waals surface area contributed by atoms with Gasteiger partial charge in [-0.25, -0.2) is 0 Å². The molecule has 0 bridgehead atoms. The second kappa shape index (κ2) is 42.5. The van der Waals surface area contributed by atoms with Crippen LogP contribution in [0.3, 0.4) is 0 Å². The molecule has 476 valence electrons. The van der Waals surface area contributed by atoms with Gasteiger partial charge in [0.1, 0.15) is 11.5 Å². The van der Waals surface area contributed by atoms with Gasteiger partial charge in [0.2, 0.25) is 22.8 Å². The predicted octanol–water partition coefficient (Wildman–Crippen LogP) is 13.9. The Kier molecular flexibility index (Phi) is 37.5. The van der Waals surface area contributed by atoms with Gasteiger partial charge in [-0.15, -0.1) is 0 Å². The minimum atomic E-state index is -0.0238. The third kappa shape index (κ3) is 31.2. The number of amides is 2. The number of hydrogen-bond acceptors (Lipinski definition) is 6. The quantitative estimate of drug-likeness (QED) is 0.0299. The van der Waals surface area contributed by atoms with Crippen LogP contribution in [0, 0.1) is 13.8 Å². The normalized spacial score (nSPS) is 11.3. The largest absolute Gasteiger partial charge is 1.00 e. The van der Waals surface area contributed by atoms with E-state index in [1.54, 1.807) is 22.7 Å². The Morgan fingerprint density at radius 1 is 0.442 bits per heavy atom. The first-order chi connectivity index (χ1) is 40.5. The minimum absolute atomic E-state index is 0. The van der Waals surface area contributed by atoms with E-state index in [4.69, 9.17) is 9.47 Å². The number of nitrogens with one attached hydrogen (secondary N) is 2. The number of carbonyl (C=O) groups excluding carboxylic acids is 2. The lowest BCUT2D eigenvalue weighted by molar-refractivity contribution is -0.683. The van der Waals surface area contributed by atoms with Gasteiger partial charge in [0.25, 0.3) is 0 Å². The highest BCUT2D eigenvalue weighted by Crippen LogP contribution is 2.33. The molecular weight excluding hydrogens is 1230 g/mol. The van der Waals surface area contributed by atoms with Gasteiger partial charge in [-0.1, -0.05) is 268 Å². The molecule has 0 unspecified atom stereocenters. The van der Waals surface area contributed by atoms with Crippen LogP contribution in [0.15, 0.2) is 108 Å². The molecule has 2 amide bonds. The van der Waals surface area contributed by atoms with Crippen molar-refractivity contribution in [2.75, 3.05) is 23.8 Å². The molecule has 0 saturated carbocycles. The number of nitrogens with zero attached hydrogens (tertiary/aromatic N) is 2. The lowest BCUT2D eigenvalue weighted by Gasteiger charge is -2.23. The Labute approximate surface area is 551 Å². The summed E-state index contributed by atoms with van der Waals surface area (Å²) in [6.07, 6.45) is 36.9. The van der Waals surface area contributed by atoms with Gasteiger partial charge in [0.15, 0.2) is 25.5 Å². The summed E-state index contributed by atoms with van der Waals surface area (Å²) in [7, 11) is 0. The molecule has 0 spiro atoms. The van der Waals surface area contributed by atoms with Gasteiger partial charge in [0, 0.05) is 28.1 Å². The van der Waals surface area contributed by atoms with E-state index in [-0.39, 0.29) is 56.6 Å². The molecule has 0 saturated heterocycles. The van der Waals surface area contributed by atoms with Crippen LogP contribution in [0.4, 0.5) is 11.4 Å². The molecular formula is C74H110Br2N4O4S2. The number of hydrogen-bond donors (Lipinski definition) is 2. The minimum Gasteiger partial charge on any atom is -1.00 e. The highest BCUT2D eigenvalue weighted by molar-refractivity contribution is 7.09. The lowest BCUT2D eigenvalue weighted by atomic mass is 9.85. The number of ether oxygens (including phenoxy) is 2. The van der Waals surface area contributed by atoms with Crippen molar-refractivity contribution in [2.45, 2.75) is 260 Å². The highest BCUT2D eigenvalue weighted by Gasteiger charge is 2.21. The fourth-order valence-corrected chi connectivity index (χ4v) is 11.9. The summed E-state index contributed by atoms with van der Waals surface area (Å²) in [6, 6.07) is 28.9. The molecule has 8 nitrogen and oxygen atoms in total. The Balaban J connectivity index is 0.000000440. The van der Waals surface area contributed by atoms with Crippen molar-refractivity contribution in [3.05, 3.63) is 151 Å². The Morgan fingerprint density at radius 2 is 0.826 bits per heavy atom. The Bertz CT molecular complexity index is 2780. The molecule has 86 heavy (non-hydrogen) atoms. The highest BCUT2D eigenvalue weighted by atomic mass is 79.9. The Hall–Kier alpha value is -4.36. The van der Waals surface area contributed by atoms with Gasteiger partial charge in [-0.05, 0) is 90.6 Å². The third-order valence-electron chi connectivity index (χ3n) is 15.7. The molecule has 0 fully saturated rings.